The predicted octanol–water partition coefficient (Wildman–Crippen LogP) is 3.64. The van der Waals surface area contributed by atoms with Gasteiger partial charge < -0.3 is 4.90 Å². The van der Waals surface area contributed by atoms with Crippen molar-refractivity contribution in [3.8, 4) is 0 Å². The summed E-state index contributed by atoms with van der Waals surface area (Å²) in [5.41, 5.74) is 6.01. The van der Waals surface area contributed by atoms with Crippen LogP contribution in [0, 0.1) is 20.8 Å². The number of aromatic nitrogens is 2. The summed E-state index contributed by atoms with van der Waals surface area (Å²) >= 11 is 0. The molecule has 0 N–H and O–H groups in total. The van der Waals surface area contributed by atoms with Crippen LogP contribution in [0.15, 0.2) is 24.3 Å². The second kappa shape index (κ2) is 6.80. The van der Waals surface area contributed by atoms with Gasteiger partial charge in [0.2, 0.25) is 5.91 Å². The Bertz CT molecular complexity index is 747. The van der Waals surface area contributed by atoms with Gasteiger partial charge in [-0.25, -0.2) is 0 Å². The van der Waals surface area contributed by atoms with Crippen LogP contribution in [0.25, 0.3) is 0 Å². The van der Waals surface area contributed by atoms with E-state index in [1.165, 1.54) is 16.7 Å². The predicted molar refractivity (Wildman–Crippen MR) is 95.9 cm³/mol. The van der Waals surface area contributed by atoms with E-state index in [2.05, 4.69) is 48.1 Å². The Morgan fingerprint density at radius 2 is 2.00 bits per heavy atom. The lowest BCUT2D eigenvalue weighted by Gasteiger charge is -2.26. The molecule has 0 radical (unpaired) electrons. The van der Waals surface area contributed by atoms with Gasteiger partial charge in [0.25, 0.3) is 0 Å². The molecule has 128 valence electrons. The number of hydrogen-bond donors (Lipinski definition) is 0. The Hall–Kier alpha value is -2.10. The lowest BCUT2D eigenvalue weighted by Crippen LogP contribution is -2.31. The third-order valence-corrected chi connectivity index (χ3v) is 5.37. The summed E-state index contributed by atoms with van der Waals surface area (Å²) in [6.07, 6.45) is 3.51. The van der Waals surface area contributed by atoms with E-state index < -0.39 is 0 Å². The van der Waals surface area contributed by atoms with Crippen molar-refractivity contribution >= 4 is 5.91 Å². The first-order valence-electron chi connectivity index (χ1n) is 8.83. The van der Waals surface area contributed by atoms with Gasteiger partial charge in [0, 0.05) is 25.7 Å². The third-order valence-electron chi connectivity index (χ3n) is 5.37. The van der Waals surface area contributed by atoms with Gasteiger partial charge in [-0.15, -0.1) is 0 Å². The lowest BCUT2D eigenvalue weighted by atomic mass is 9.99. The highest BCUT2D eigenvalue weighted by Crippen LogP contribution is 2.34. The lowest BCUT2D eigenvalue weighted by molar-refractivity contribution is -0.132. The number of benzene rings is 1. The van der Waals surface area contributed by atoms with Crippen LogP contribution in [-0.2, 0) is 18.3 Å². The van der Waals surface area contributed by atoms with Crippen molar-refractivity contribution in [1.82, 2.24) is 14.7 Å². The molecule has 2 aromatic rings. The standard InChI is InChI=1S/C20H27N3O/c1-14-8-5-6-9-17(14)19-10-7-13-23(19)20(24)12-11-18-15(2)21-22(4)16(18)3/h5-6,8-9,19H,7,10-13H2,1-4H3/t19-/m1/s1. The van der Waals surface area contributed by atoms with E-state index in [1.54, 1.807) is 0 Å². The summed E-state index contributed by atoms with van der Waals surface area (Å²) in [6, 6.07) is 8.69. The Morgan fingerprint density at radius 3 is 2.67 bits per heavy atom. The summed E-state index contributed by atoms with van der Waals surface area (Å²) in [6.45, 7) is 7.12. The van der Waals surface area contributed by atoms with E-state index in [1.807, 2.05) is 18.7 Å². The third kappa shape index (κ3) is 3.10. The number of rotatable bonds is 4. The summed E-state index contributed by atoms with van der Waals surface area (Å²) in [5.74, 6) is 0.267. The van der Waals surface area contributed by atoms with Crippen LogP contribution in [0.3, 0.4) is 0 Å². The van der Waals surface area contributed by atoms with Crippen molar-refractivity contribution in [2.24, 2.45) is 7.05 Å². The molecule has 1 aliphatic heterocycles. The van der Waals surface area contributed by atoms with Crippen LogP contribution in [0.4, 0.5) is 0 Å². The van der Waals surface area contributed by atoms with Gasteiger partial charge in [0.15, 0.2) is 0 Å². The highest BCUT2D eigenvalue weighted by atomic mass is 16.2. The molecule has 24 heavy (non-hydrogen) atoms. The first-order valence-corrected chi connectivity index (χ1v) is 8.83. The molecule has 1 aromatic heterocycles. The first kappa shape index (κ1) is 16.7. The van der Waals surface area contributed by atoms with Crippen LogP contribution in [0.1, 0.15) is 53.4 Å². The Kier molecular flexibility index (Phi) is 4.74. The summed E-state index contributed by atoms with van der Waals surface area (Å²) in [5, 5.41) is 4.45. The second-order valence-electron chi connectivity index (χ2n) is 6.87. The topological polar surface area (TPSA) is 38.1 Å². The van der Waals surface area contributed by atoms with Crippen LogP contribution in [0.2, 0.25) is 0 Å². The first-order chi connectivity index (χ1) is 11.5. The van der Waals surface area contributed by atoms with Crippen LogP contribution >= 0.6 is 0 Å². The molecular formula is C20H27N3O. The minimum Gasteiger partial charge on any atom is -0.336 e. The van der Waals surface area contributed by atoms with Crippen LogP contribution < -0.4 is 0 Å². The van der Waals surface area contributed by atoms with E-state index in [-0.39, 0.29) is 11.9 Å². The summed E-state index contributed by atoms with van der Waals surface area (Å²) < 4.78 is 1.90. The average molecular weight is 325 g/mol. The molecule has 1 amide bonds. The van der Waals surface area contributed by atoms with Crippen molar-refractivity contribution in [2.75, 3.05) is 6.54 Å². The molecule has 1 aliphatic rings. The number of hydrogen-bond acceptors (Lipinski definition) is 2. The zero-order chi connectivity index (χ0) is 17.3. The fourth-order valence-corrected chi connectivity index (χ4v) is 3.90. The zero-order valence-corrected chi connectivity index (χ0v) is 15.2. The highest BCUT2D eigenvalue weighted by molar-refractivity contribution is 5.77. The number of aryl methyl sites for hydroxylation is 3. The Balaban J connectivity index is 1.71. The normalized spacial score (nSPS) is 17.5. The van der Waals surface area contributed by atoms with E-state index in [4.69, 9.17) is 0 Å². The number of likely N-dealkylation sites (tertiary alicyclic amines) is 1. The summed E-state index contributed by atoms with van der Waals surface area (Å²) in [4.78, 5) is 14.9. The number of amides is 1. The number of carbonyl (C=O) groups is 1. The maximum atomic E-state index is 12.8. The zero-order valence-electron chi connectivity index (χ0n) is 15.2. The average Bonchev–Trinajstić information content (AvgIpc) is 3.12. The van der Waals surface area contributed by atoms with Crippen molar-refractivity contribution in [2.45, 2.75) is 52.5 Å². The minimum absolute atomic E-state index is 0.245. The Labute approximate surface area is 144 Å². The molecule has 0 unspecified atom stereocenters. The molecule has 1 fully saturated rings. The van der Waals surface area contributed by atoms with Gasteiger partial charge in [-0.3, -0.25) is 9.48 Å². The molecule has 1 atom stereocenters. The molecule has 0 aliphatic carbocycles. The number of carbonyl (C=O) groups excluding carboxylic acids is 1. The fraction of sp³-hybridized carbons (Fsp3) is 0.500. The molecule has 2 heterocycles. The molecule has 4 nitrogen and oxygen atoms in total. The molecule has 3 rings (SSSR count). The van der Waals surface area contributed by atoms with Gasteiger partial charge in [-0.05, 0) is 56.7 Å². The number of nitrogens with zero attached hydrogens (tertiary/aromatic N) is 3. The van der Waals surface area contributed by atoms with Crippen molar-refractivity contribution in [3.63, 3.8) is 0 Å². The van der Waals surface area contributed by atoms with Gasteiger partial charge in [-0.2, -0.15) is 5.10 Å². The Morgan fingerprint density at radius 1 is 1.25 bits per heavy atom. The van der Waals surface area contributed by atoms with Crippen molar-refractivity contribution in [3.05, 3.63) is 52.3 Å². The second-order valence-corrected chi connectivity index (χ2v) is 6.87. The molecular weight excluding hydrogens is 298 g/mol. The van der Waals surface area contributed by atoms with Crippen molar-refractivity contribution in [1.29, 1.82) is 0 Å². The molecule has 4 heteroatoms. The molecule has 1 aromatic carbocycles. The van der Waals surface area contributed by atoms with Crippen LogP contribution in [-0.4, -0.2) is 27.1 Å². The smallest absolute Gasteiger partial charge is 0.223 e. The van der Waals surface area contributed by atoms with E-state index >= 15 is 0 Å². The van der Waals surface area contributed by atoms with E-state index in [0.717, 1.165) is 37.2 Å². The maximum Gasteiger partial charge on any atom is 0.223 e. The van der Waals surface area contributed by atoms with Gasteiger partial charge in [0.1, 0.15) is 0 Å². The summed E-state index contributed by atoms with van der Waals surface area (Å²) in [7, 11) is 1.96. The maximum absolute atomic E-state index is 12.8. The molecule has 0 spiro atoms. The minimum atomic E-state index is 0.245. The molecule has 0 saturated carbocycles. The molecule has 0 bridgehead atoms. The van der Waals surface area contributed by atoms with Gasteiger partial charge >= 0.3 is 0 Å². The van der Waals surface area contributed by atoms with E-state index in [0.29, 0.717) is 6.42 Å². The van der Waals surface area contributed by atoms with Gasteiger partial charge in [-0.1, -0.05) is 24.3 Å². The highest BCUT2D eigenvalue weighted by Gasteiger charge is 2.30. The quantitative estimate of drug-likeness (QED) is 0.861. The van der Waals surface area contributed by atoms with Crippen LogP contribution in [0.5, 0.6) is 0 Å². The fourth-order valence-electron chi connectivity index (χ4n) is 3.90. The van der Waals surface area contributed by atoms with E-state index in [9.17, 15) is 4.79 Å². The molecule has 1 saturated heterocycles. The SMILES string of the molecule is Cc1ccccc1[C@H]1CCCN1C(=O)CCc1c(C)nn(C)c1C. The van der Waals surface area contributed by atoms with Gasteiger partial charge in [0.05, 0.1) is 11.7 Å². The monoisotopic (exact) mass is 325 g/mol. The van der Waals surface area contributed by atoms with Crippen molar-refractivity contribution < 1.29 is 4.79 Å². The largest absolute Gasteiger partial charge is 0.336 e.